The van der Waals surface area contributed by atoms with Crippen molar-refractivity contribution in [2.24, 2.45) is 5.41 Å². The second-order valence-corrected chi connectivity index (χ2v) is 10.8. The molecule has 0 saturated heterocycles. The first-order valence-electron chi connectivity index (χ1n) is 9.69. The van der Waals surface area contributed by atoms with Gasteiger partial charge in [-0.15, -0.1) is 0 Å². The van der Waals surface area contributed by atoms with Crippen molar-refractivity contribution in [3.63, 3.8) is 0 Å². The molecule has 1 N–H and O–H groups in total. The normalized spacial score (nSPS) is 12.0. The maximum Gasteiger partial charge on any atom is 0.407 e. The van der Waals surface area contributed by atoms with E-state index in [0.717, 1.165) is 10.0 Å². The minimum Gasteiger partial charge on any atom is -0.465 e. The number of hydrogen-bond acceptors (Lipinski definition) is 4. The number of rotatable bonds is 6. The van der Waals surface area contributed by atoms with Gasteiger partial charge in [0.25, 0.3) is 10.0 Å². The third kappa shape index (κ3) is 5.28. The van der Waals surface area contributed by atoms with E-state index < -0.39 is 21.9 Å². The number of aromatic nitrogens is 2. The zero-order valence-corrected chi connectivity index (χ0v) is 19.4. The quantitative estimate of drug-likeness (QED) is 0.530. The highest BCUT2D eigenvalue weighted by atomic mass is 35.5. The Bertz CT molecular complexity index is 1240. The Morgan fingerprint density at radius 3 is 2.53 bits per heavy atom. The van der Waals surface area contributed by atoms with Crippen molar-refractivity contribution >= 4 is 27.7 Å². The summed E-state index contributed by atoms with van der Waals surface area (Å²) in [4.78, 5) is 16.7. The highest BCUT2D eigenvalue weighted by molar-refractivity contribution is 7.90. The molecule has 0 radical (unpaired) electrons. The third-order valence-electron chi connectivity index (χ3n) is 4.55. The molecule has 1 amide bonds. The fourth-order valence-electron chi connectivity index (χ4n) is 3.27. The average Bonchev–Trinajstić information content (AvgIpc) is 3.11. The van der Waals surface area contributed by atoms with Crippen LogP contribution in [0.1, 0.15) is 26.3 Å². The number of amides is 1. The summed E-state index contributed by atoms with van der Waals surface area (Å²) in [5.74, 6) is -0.699. The Morgan fingerprint density at radius 2 is 1.97 bits per heavy atom. The van der Waals surface area contributed by atoms with Gasteiger partial charge in [0.1, 0.15) is 10.7 Å². The molecule has 170 valence electrons. The molecule has 3 aromatic rings. The van der Waals surface area contributed by atoms with Crippen LogP contribution in [-0.4, -0.2) is 40.0 Å². The molecule has 0 atom stereocenters. The zero-order chi connectivity index (χ0) is 23.7. The van der Waals surface area contributed by atoms with E-state index >= 15 is 0 Å². The molecule has 1 aromatic carbocycles. The molecule has 0 aliphatic rings. The summed E-state index contributed by atoms with van der Waals surface area (Å²) >= 11 is 5.86. The van der Waals surface area contributed by atoms with E-state index in [4.69, 9.17) is 11.6 Å². The molecule has 10 heteroatoms. The second-order valence-electron chi connectivity index (χ2n) is 8.55. The lowest BCUT2D eigenvalue weighted by Gasteiger charge is -2.27. The van der Waals surface area contributed by atoms with E-state index in [9.17, 15) is 22.7 Å². The molecule has 2 aromatic heterocycles. The van der Waals surface area contributed by atoms with Gasteiger partial charge in [0, 0.05) is 35.7 Å². The lowest BCUT2D eigenvalue weighted by molar-refractivity contribution is 0.123. The first-order valence-corrected chi connectivity index (χ1v) is 11.5. The van der Waals surface area contributed by atoms with Gasteiger partial charge in [0.15, 0.2) is 0 Å². The maximum absolute atomic E-state index is 14.7. The summed E-state index contributed by atoms with van der Waals surface area (Å²) in [6.07, 6.45) is 2.81. The minimum atomic E-state index is -4.13. The van der Waals surface area contributed by atoms with Crippen LogP contribution in [-0.2, 0) is 16.6 Å². The molecule has 0 bridgehead atoms. The van der Waals surface area contributed by atoms with Crippen LogP contribution in [0.15, 0.2) is 59.9 Å². The monoisotopic (exact) mass is 479 g/mol. The van der Waals surface area contributed by atoms with Gasteiger partial charge in [0.05, 0.1) is 12.2 Å². The smallest absolute Gasteiger partial charge is 0.407 e. The van der Waals surface area contributed by atoms with Gasteiger partial charge in [-0.05, 0) is 47.4 Å². The molecular weight excluding hydrogens is 457 g/mol. The largest absolute Gasteiger partial charge is 0.465 e. The van der Waals surface area contributed by atoms with Crippen LogP contribution in [0, 0.1) is 11.2 Å². The Hall–Kier alpha value is -2.91. The van der Waals surface area contributed by atoms with E-state index in [-0.39, 0.29) is 39.7 Å². The lowest BCUT2D eigenvalue weighted by atomic mass is 9.96. The number of carboxylic acid groups (broad SMARTS) is 1. The Balaban J connectivity index is 2.15. The standard InChI is InChI=1S/C22H23ClFN3O4S/c1-22(2,3)14-26(21(28)29)12-15-9-20(18-7-6-16(23)10-19(18)24)27(13-15)32(30,31)17-5-4-8-25-11-17/h4-11,13H,12,14H2,1-3H3,(H,28,29). The second kappa shape index (κ2) is 8.91. The number of benzene rings is 1. The van der Waals surface area contributed by atoms with Gasteiger partial charge in [-0.1, -0.05) is 32.4 Å². The van der Waals surface area contributed by atoms with E-state index in [1.807, 2.05) is 20.8 Å². The molecule has 3 rings (SSSR count). The minimum absolute atomic E-state index is 0.0193. The van der Waals surface area contributed by atoms with E-state index in [2.05, 4.69) is 4.98 Å². The summed E-state index contributed by atoms with van der Waals surface area (Å²) < 4.78 is 42.3. The van der Waals surface area contributed by atoms with E-state index in [1.54, 1.807) is 0 Å². The first kappa shape index (κ1) is 23.7. The van der Waals surface area contributed by atoms with Crippen LogP contribution in [0.4, 0.5) is 9.18 Å². The van der Waals surface area contributed by atoms with Crippen molar-refractivity contribution in [2.75, 3.05) is 6.54 Å². The van der Waals surface area contributed by atoms with Crippen molar-refractivity contribution in [2.45, 2.75) is 32.2 Å². The Labute approximate surface area is 191 Å². The molecule has 0 unspecified atom stereocenters. The SMILES string of the molecule is CC(C)(C)CN(Cc1cc(-c2ccc(Cl)cc2F)n(S(=O)(=O)c2cccnc2)c1)C(=O)O. The summed E-state index contributed by atoms with van der Waals surface area (Å²) in [5.41, 5.74) is 0.159. The van der Waals surface area contributed by atoms with Crippen LogP contribution in [0.25, 0.3) is 11.3 Å². The van der Waals surface area contributed by atoms with Gasteiger partial charge >= 0.3 is 6.09 Å². The van der Waals surface area contributed by atoms with Crippen LogP contribution in [0.5, 0.6) is 0 Å². The highest BCUT2D eigenvalue weighted by Crippen LogP contribution is 2.31. The first-order chi connectivity index (χ1) is 14.9. The third-order valence-corrected chi connectivity index (χ3v) is 6.44. The Morgan fingerprint density at radius 1 is 1.25 bits per heavy atom. The van der Waals surface area contributed by atoms with Crippen LogP contribution in [0.2, 0.25) is 5.02 Å². The van der Waals surface area contributed by atoms with Crippen molar-refractivity contribution in [1.82, 2.24) is 13.9 Å². The zero-order valence-electron chi connectivity index (χ0n) is 17.8. The molecule has 32 heavy (non-hydrogen) atoms. The molecule has 0 fully saturated rings. The number of pyridine rings is 1. The fraction of sp³-hybridized carbons (Fsp3) is 0.273. The van der Waals surface area contributed by atoms with Gasteiger partial charge in [-0.3, -0.25) is 4.98 Å². The summed E-state index contributed by atoms with van der Waals surface area (Å²) in [7, 11) is -4.13. The number of nitrogens with zero attached hydrogens (tertiary/aromatic N) is 3. The summed E-state index contributed by atoms with van der Waals surface area (Å²) in [5, 5.41) is 9.79. The predicted molar refractivity (Wildman–Crippen MR) is 120 cm³/mol. The van der Waals surface area contributed by atoms with Gasteiger partial charge in [-0.2, -0.15) is 0 Å². The maximum atomic E-state index is 14.7. The molecule has 7 nitrogen and oxygen atoms in total. The fourth-order valence-corrected chi connectivity index (χ4v) is 4.79. The van der Waals surface area contributed by atoms with E-state index in [0.29, 0.717) is 5.56 Å². The highest BCUT2D eigenvalue weighted by Gasteiger charge is 2.26. The molecule has 0 saturated carbocycles. The van der Waals surface area contributed by atoms with Crippen molar-refractivity contribution in [3.8, 4) is 11.3 Å². The Kier molecular flexibility index (Phi) is 6.61. The number of carbonyl (C=O) groups is 1. The molecule has 0 spiro atoms. The van der Waals surface area contributed by atoms with Crippen LogP contribution in [0.3, 0.4) is 0 Å². The van der Waals surface area contributed by atoms with Gasteiger partial charge in [0.2, 0.25) is 0 Å². The number of hydrogen-bond donors (Lipinski definition) is 1. The van der Waals surface area contributed by atoms with Crippen molar-refractivity contribution in [3.05, 3.63) is 71.4 Å². The molecule has 0 aliphatic carbocycles. The van der Waals surface area contributed by atoms with Crippen molar-refractivity contribution < 1.29 is 22.7 Å². The molecule has 0 aliphatic heterocycles. The number of halogens is 2. The lowest BCUT2D eigenvalue weighted by Crippen LogP contribution is -2.36. The summed E-state index contributed by atoms with van der Waals surface area (Å²) in [6.45, 7) is 5.86. The van der Waals surface area contributed by atoms with Gasteiger partial charge < -0.3 is 10.0 Å². The topological polar surface area (TPSA) is 92.5 Å². The molecule has 2 heterocycles. The summed E-state index contributed by atoms with van der Waals surface area (Å²) in [6, 6.07) is 8.27. The van der Waals surface area contributed by atoms with E-state index in [1.165, 1.54) is 53.8 Å². The van der Waals surface area contributed by atoms with Crippen LogP contribution >= 0.6 is 11.6 Å². The van der Waals surface area contributed by atoms with Gasteiger partial charge in [-0.25, -0.2) is 21.6 Å². The van der Waals surface area contributed by atoms with Crippen LogP contribution < -0.4 is 0 Å². The van der Waals surface area contributed by atoms with Crippen molar-refractivity contribution in [1.29, 1.82) is 0 Å². The molecular formula is C22H23ClFN3O4S. The predicted octanol–water partition coefficient (Wildman–Crippen LogP) is 5.11. The average molecular weight is 480 g/mol.